The molecular weight excluding hydrogens is 648 g/mol. The van der Waals surface area contributed by atoms with Crippen molar-refractivity contribution < 1.29 is 23.9 Å². The predicted octanol–water partition coefficient (Wildman–Crippen LogP) is 3.70. The average Bonchev–Trinajstić information content (AvgIpc) is 3.61. The summed E-state index contributed by atoms with van der Waals surface area (Å²) in [4.78, 5) is 65.2. The number of fused-ring (bicyclic) bond motifs is 2. The summed E-state index contributed by atoms with van der Waals surface area (Å²) in [5.74, 6) is 5.90. The first-order chi connectivity index (χ1) is 24.8. The summed E-state index contributed by atoms with van der Waals surface area (Å²) in [6, 6.07) is 12.0. The third-order valence-corrected chi connectivity index (χ3v) is 10.2. The molecule has 0 bridgehead atoms. The molecule has 2 N–H and O–H groups in total. The van der Waals surface area contributed by atoms with E-state index in [0.717, 1.165) is 97.2 Å². The van der Waals surface area contributed by atoms with Crippen molar-refractivity contribution >= 4 is 40.3 Å². The van der Waals surface area contributed by atoms with E-state index in [1.807, 2.05) is 24.3 Å². The number of anilines is 1. The van der Waals surface area contributed by atoms with Gasteiger partial charge in [0.1, 0.15) is 35.2 Å². The minimum Gasteiger partial charge on any atom is -0.488 e. The molecule has 2 aromatic heterocycles. The van der Waals surface area contributed by atoms with Gasteiger partial charge in [-0.3, -0.25) is 39.4 Å². The summed E-state index contributed by atoms with van der Waals surface area (Å²) in [5, 5.41) is 10.9. The van der Waals surface area contributed by atoms with Gasteiger partial charge in [-0.05, 0) is 75.9 Å². The van der Waals surface area contributed by atoms with E-state index in [1.165, 1.54) is 0 Å². The Morgan fingerprint density at radius 3 is 2.63 bits per heavy atom. The Labute approximate surface area is 294 Å². The maximum atomic E-state index is 13.3. The largest absolute Gasteiger partial charge is 0.488 e. The number of imide groups is 2. The fourth-order valence-corrected chi connectivity index (χ4v) is 6.99. The molecule has 4 aliphatic rings. The SMILES string of the molecule is CC1(Oc2ccc3[nH]nc(-c4cc(N5CCN(CCCCC#Cc6cccc7c6C(=O)N(C6CCC(=O)NC6=O)C7=O)CC5)ncn4)c3c2)CC1. The van der Waals surface area contributed by atoms with Gasteiger partial charge in [0.05, 0.1) is 22.3 Å². The molecule has 2 aromatic carbocycles. The molecule has 3 aliphatic heterocycles. The van der Waals surface area contributed by atoms with E-state index in [4.69, 9.17) is 4.74 Å². The van der Waals surface area contributed by atoms with Gasteiger partial charge in [0.15, 0.2) is 0 Å². The number of aromatic nitrogens is 4. The van der Waals surface area contributed by atoms with Crippen molar-refractivity contribution in [3.8, 4) is 29.0 Å². The van der Waals surface area contributed by atoms with E-state index >= 15 is 0 Å². The van der Waals surface area contributed by atoms with E-state index in [1.54, 1.807) is 24.5 Å². The molecule has 0 spiro atoms. The summed E-state index contributed by atoms with van der Waals surface area (Å²) in [6.07, 6.45) is 6.49. The van der Waals surface area contributed by atoms with E-state index in [2.05, 4.69) is 54.0 Å². The number of rotatable bonds is 9. The van der Waals surface area contributed by atoms with Gasteiger partial charge in [-0.15, -0.1) is 0 Å². The van der Waals surface area contributed by atoms with Gasteiger partial charge >= 0.3 is 0 Å². The fourth-order valence-electron chi connectivity index (χ4n) is 6.99. The van der Waals surface area contributed by atoms with Crippen molar-refractivity contribution in [3.63, 3.8) is 0 Å². The van der Waals surface area contributed by atoms with Gasteiger partial charge in [-0.2, -0.15) is 5.10 Å². The zero-order valence-corrected chi connectivity index (χ0v) is 28.4. The number of unbranched alkanes of at least 4 members (excludes halogenated alkanes) is 2. The lowest BCUT2D eigenvalue weighted by Gasteiger charge is -2.35. The number of piperazine rings is 1. The van der Waals surface area contributed by atoms with E-state index in [9.17, 15) is 19.2 Å². The molecule has 3 fully saturated rings. The van der Waals surface area contributed by atoms with Crippen LogP contribution >= 0.6 is 0 Å². The topological polar surface area (TPSA) is 154 Å². The molecule has 8 rings (SSSR count). The van der Waals surface area contributed by atoms with Gasteiger partial charge in [-0.25, -0.2) is 9.97 Å². The van der Waals surface area contributed by atoms with Crippen LogP contribution in [0.15, 0.2) is 48.8 Å². The summed E-state index contributed by atoms with van der Waals surface area (Å²) in [7, 11) is 0. The second-order valence-corrected chi connectivity index (χ2v) is 13.9. The van der Waals surface area contributed by atoms with Crippen LogP contribution in [-0.2, 0) is 9.59 Å². The number of nitrogens with one attached hydrogen (secondary N) is 2. The Morgan fingerprint density at radius 1 is 0.980 bits per heavy atom. The monoisotopic (exact) mass is 686 g/mol. The minimum atomic E-state index is -0.997. The molecule has 4 aromatic rings. The number of ether oxygens (including phenoxy) is 1. The molecule has 13 nitrogen and oxygen atoms in total. The molecule has 51 heavy (non-hydrogen) atoms. The summed E-state index contributed by atoms with van der Waals surface area (Å²) in [5.41, 5.74) is 3.38. The molecule has 1 saturated carbocycles. The third kappa shape index (κ3) is 6.55. The molecule has 1 atom stereocenters. The summed E-state index contributed by atoms with van der Waals surface area (Å²) < 4.78 is 6.19. The van der Waals surface area contributed by atoms with Gasteiger partial charge in [0.2, 0.25) is 11.8 Å². The Hall–Kier alpha value is -5.61. The summed E-state index contributed by atoms with van der Waals surface area (Å²) >= 11 is 0. The van der Waals surface area contributed by atoms with Crippen molar-refractivity contribution in [1.82, 2.24) is 35.3 Å². The van der Waals surface area contributed by atoms with Crippen LogP contribution in [0.4, 0.5) is 5.82 Å². The number of aromatic amines is 1. The number of benzene rings is 2. The van der Waals surface area contributed by atoms with E-state index in [0.29, 0.717) is 12.0 Å². The normalized spacial score (nSPS) is 19.9. The number of carbonyl (C=O) groups excluding carboxylic acids is 4. The second kappa shape index (κ2) is 13.3. The van der Waals surface area contributed by atoms with Crippen LogP contribution in [0.25, 0.3) is 22.3 Å². The Kier molecular flexibility index (Phi) is 8.47. The van der Waals surface area contributed by atoms with Crippen LogP contribution in [0, 0.1) is 11.8 Å². The molecule has 260 valence electrons. The lowest BCUT2D eigenvalue weighted by Crippen LogP contribution is -2.54. The van der Waals surface area contributed by atoms with Crippen LogP contribution < -0.4 is 15.0 Å². The Morgan fingerprint density at radius 2 is 1.82 bits per heavy atom. The first kappa shape index (κ1) is 32.6. The number of hydrogen-bond donors (Lipinski definition) is 2. The maximum absolute atomic E-state index is 13.3. The van der Waals surface area contributed by atoms with Crippen LogP contribution in [0.3, 0.4) is 0 Å². The maximum Gasteiger partial charge on any atom is 0.263 e. The summed E-state index contributed by atoms with van der Waals surface area (Å²) in [6.45, 7) is 6.65. The van der Waals surface area contributed by atoms with Crippen molar-refractivity contribution in [2.45, 2.75) is 63.5 Å². The van der Waals surface area contributed by atoms with Crippen molar-refractivity contribution in [2.24, 2.45) is 0 Å². The van der Waals surface area contributed by atoms with Gasteiger partial charge in [-0.1, -0.05) is 17.9 Å². The molecule has 0 radical (unpaired) electrons. The molecule has 1 aliphatic carbocycles. The highest BCUT2D eigenvalue weighted by molar-refractivity contribution is 6.24. The quantitative estimate of drug-likeness (QED) is 0.151. The molecule has 13 heteroatoms. The van der Waals surface area contributed by atoms with Gasteiger partial charge in [0.25, 0.3) is 11.8 Å². The van der Waals surface area contributed by atoms with E-state index in [-0.39, 0.29) is 29.6 Å². The van der Waals surface area contributed by atoms with Gasteiger partial charge in [0, 0.05) is 56.0 Å². The molecular formula is C38H38N8O5. The van der Waals surface area contributed by atoms with Crippen molar-refractivity contribution in [2.75, 3.05) is 37.6 Å². The van der Waals surface area contributed by atoms with Crippen molar-refractivity contribution in [1.29, 1.82) is 0 Å². The third-order valence-electron chi connectivity index (χ3n) is 10.2. The predicted molar refractivity (Wildman–Crippen MR) is 188 cm³/mol. The van der Waals surface area contributed by atoms with Crippen LogP contribution in [0.1, 0.15) is 78.1 Å². The van der Waals surface area contributed by atoms with Crippen molar-refractivity contribution in [3.05, 3.63) is 65.5 Å². The van der Waals surface area contributed by atoms with Crippen LogP contribution in [-0.4, -0.2) is 98.0 Å². The Balaban J connectivity index is 0.825. The number of hydrogen-bond acceptors (Lipinski definition) is 10. The smallest absolute Gasteiger partial charge is 0.263 e. The van der Waals surface area contributed by atoms with E-state index < -0.39 is 29.7 Å². The highest BCUT2D eigenvalue weighted by Gasteiger charge is 2.45. The lowest BCUT2D eigenvalue weighted by atomic mass is 10.0. The number of H-pyrrole nitrogens is 1. The number of piperidine rings is 1. The molecule has 4 amide bonds. The van der Waals surface area contributed by atoms with Crippen LogP contribution in [0.2, 0.25) is 0 Å². The first-order valence-corrected chi connectivity index (χ1v) is 17.6. The standard InChI is InChI=1S/C38H38N8O5/c1-38(14-15-38)51-25-10-11-28-27(21-25)34(43-42-28)29-22-31(40-23-39-29)45-19-17-44(18-20-45)16-5-3-2-4-7-24-8-6-9-26-33(24)37(50)46(36(26)49)30-12-13-32(47)41-35(30)48/h6,8-11,21-23,30H,2-3,5,12-20H2,1H3,(H,42,43)(H,41,47,48). The van der Waals surface area contributed by atoms with Crippen LogP contribution in [0.5, 0.6) is 5.75 Å². The second-order valence-electron chi connectivity index (χ2n) is 13.9. The number of amides is 4. The Bertz CT molecular complexity index is 2120. The first-order valence-electron chi connectivity index (χ1n) is 17.6. The lowest BCUT2D eigenvalue weighted by molar-refractivity contribution is -0.136. The molecule has 1 unspecified atom stereocenters. The van der Waals surface area contributed by atoms with Gasteiger partial charge < -0.3 is 9.64 Å². The minimum absolute atomic E-state index is 0.0579. The highest BCUT2D eigenvalue weighted by Crippen LogP contribution is 2.40. The fraction of sp³-hybridized carbons (Fsp3) is 0.395. The molecule has 2 saturated heterocycles. The molecule has 5 heterocycles. The zero-order valence-electron chi connectivity index (χ0n) is 28.4. The highest BCUT2D eigenvalue weighted by atomic mass is 16.5. The number of nitrogens with zero attached hydrogens (tertiary/aromatic N) is 6. The average molecular weight is 687 g/mol. The zero-order chi connectivity index (χ0) is 35.1. The number of carbonyl (C=O) groups is 4.